The van der Waals surface area contributed by atoms with E-state index < -0.39 is 0 Å². The fourth-order valence-corrected chi connectivity index (χ4v) is 8.48. The molecule has 0 aliphatic heterocycles. The summed E-state index contributed by atoms with van der Waals surface area (Å²) in [7, 11) is 0. The molecule has 0 N–H and O–H groups in total. The van der Waals surface area contributed by atoms with Crippen LogP contribution in [-0.2, 0) is 0 Å². The number of aromatic nitrogens is 4. The zero-order chi connectivity index (χ0) is 42.0. The van der Waals surface area contributed by atoms with Gasteiger partial charge in [-0.1, -0.05) is 146 Å². The largest absolute Gasteiger partial charge is 0.310 e. The average molecular weight is 809 g/mol. The molecular formula is C57H40N6. The summed E-state index contributed by atoms with van der Waals surface area (Å²) in [4.78, 5) is 19.8. The van der Waals surface area contributed by atoms with E-state index in [1.54, 1.807) is 0 Å². The van der Waals surface area contributed by atoms with Crippen LogP contribution in [0.1, 0.15) is 0 Å². The van der Waals surface area contributed by atoms with Gasteiger partial charge in [-0.2, -0.15) is 0 Å². The van der Waals surface area contributed by atoms with Crippen molar-refractivity contribution in [1.29, 1.82) is 0 Å². The van der Waals surface area contributed by atoms with E-state index in [9.17, 15) is 0 Å². The minimum absolute atomic E-state index is 0.609. The molecule has 0 unspecified atom stereocenters. The molecule has 0 aliphatic rings. The molecule has 298 valence electrons. The number of anilines is 6. The van der Waals surface area contributed by atoms with Crippen molar-refractivity contribution >= 4 is 55.9 Å². The first-order valence-corrected chi connectivity index (χ1v) is 21.1. The van der Waals surface area contributed by atoms with Crippen LogP contribution in [0.3, 0.4) is 0 Å². The number of hydrogen-bond acceptors (Lipinski definition) is 5. The molecule has 9 aromatic carbocycles. The molecule has 0 saturated carbocycles. The zero-order valence-electron chi connectivity index (χ0n) is 34.3. The van der Waals surface area contributed by atoms with Gasteiger partial charge in [0.15, 0.2) is 17.5 Å². The third-order valence-corrected chi connectivity index (χ3v) is 11.4. The highest BCUT2D eigenvalue weighted by Gasteiger charge is 2.21. The van der Waals surface area contributed by atoms with Crippen LogP contribution in [0, 0.1) is 0 Å². The van der Waals surface area contributed by atoms with Crippen LogP contribution in [0.5, 0.6) is 0 Å². The van der Waals surface area contributed by atoms with Gasteiger partial charge in [-0.15, -0.1) is 0 Å². The topological polar surface area (TPSA) is 50.1 Å². The second kappa shape index (κ2) is 16.4. The first-order chi connectivity index (χ1) is 31.2. The molecule has 2 aromatic heterocycles. The van der Waals surface area contributed by atoms with Gasteiger partial charge < -0.3 is 14.4 Å². The van der Waals surface area contributed by atoms with Gasteiger partial charge in [-0.05, 0) is 97.1 Å². The summed E-state index contributed by atoms with van der Waals surface area (Å²) in [6, 6.07) is 84.7. The maximum absolute atomic E-state index is 5.08. The lowest BCUT2D eigenvalue weighted by Gasteiger charge is -2.26. The van der Waals surface area contributed by atoms with Crippen molar-refractivity contribution in [3.05, 3.63) is 243 Å². The SMILES string of the molecule is c1ccc(-c2nc(-c3ccccc3)nc(-c3cccc(-n4c5ccc(N(c6ccccc6)c6ccccc6)cc5c5cc(N(c6ccccc6)c6ccccc6)ccc54)c3)n2)cc1. The first kappa shape index (κ1) is 37.4. The Bertz CT molecular complexity index is 3040. The van der Waals surface area contributed by atoms with E-state index in [0.29, 0.717) is 17.5 Å². The Morgan fingerprint density at radius 2 is 0.603 bits per heavy atom. The molecule has 6 nitrogen and oxygen atoms in total. The minimum atomic E-state index is 0.609. The van der Waals surface area contributed by atoms with Crippen LogP contribution in [0.25, 0.3) is 61.7 Å². The summed E-state index contributed by atoms with van der Waals surface area (Å²) in [6.45, 7) is 0. The zero-order valence-corrected chi connectivity index (χ0v) is 34.3. The Morgan fingerprint density at radius 1 is 0.270 bits per heavy atom. The molecule has 0 radical (unpaired) electrons. The van der Waals surface area contributed by atoms with E-state index in [1.165, 1.54) is 0 Å². The van der Waals surface area contributed by atoms with Gasteiger partial charge in [-0.25, -0.2) is 15.0 Å². The normalized spacial score (nSPS) is 11.2. The molecule has 2 heterocycles. The van der Waals surface area contributed by atoms with E-state index in [2.05, 4.69) is 196 Å². The lowest BCUT2D eigenvalue weighted by molar-refractivity contribution is 1.07. The Morgan fingerprint density at radius 3 is 0.984 bits per heavy atom. The van der Waals surface area contributed by atoms with E-state index in [1.807, 2.05) is 60.7 Å². The number of fused-ring (bicyclic) bond motifs is 3. The number of rotatable bonds is 10. The Labute approximate surface area is 366 Å². The number of nitrogens with zero attached hydrogens (tertiary/aromatic N) is 6. The summed E-state index contributed by atoms with van der Waals surface area (Å²) in [6.07, 6.45) is 0. The van der Waals surface area contributed by atoms with Crippen LogP contribution in [0.2, 0.25) is 0 Å². The number of hydrogen-bond donors (Lipinski definition) is 0. The summed E-state index contributed by atoms with van der Waals surface area (Å²) in [5, 5.41) is 2.26. The van der Waals surface area contributed by atoms with Crippen molar-refractivity contribution in [2.45, 2.75) is 0 Å². The standard InChI is InChI=1S/C57H40N6/c1-7-20-41(21-8-1)55-58-56(42-22-9-2-10-23-42)60-57(59-55)43-24-19-33-48(38-43)63-53-36-34-49(61(44-25-11-3-12-26-44)45-27-13-4-14-28-45)39-51(53)52-40-50(35-37-54(52)63)62(46-29-15-5-16-30-46)47-31-17-6-18-32-47/h1-40H. The van der Waals surface area contributed by atoms with Gasteiger partial charge in [0.05, 0.1) is 11.0 Å². The summed E-state index contributed by atoms with van der Waals surface area (Å²) in [5.74, 6) is 1.87. The lowest BCUT2D eigenvalue weighted by Crippen LogP contribution is -2.09. The second-order valence-electron chi connectivity index (χ2n) is 15.3. The molecule has 0 spiro atoms. The molecule has 6 heteroatoms. The second-order valence-corrected chi connectivity index (χ2v) is 15.3. The maximum Gasteiger partial charge on any atom is 0.164 e. The molecule has 0 atom stereocenters. The van der Waals surface area contributed by atoms with E-state index in [4.69, 9.17) is 15.0 Å². The van der Waals surface area contributed by atoms with Crippen LogP contribution in [0.4, 0.5) is 34.1 Å². The van der Waals surface area contributed by atoms with Crippen molar-refractivity contribution in [1.82, 2.24) is 19.5 Å². The summed E-state index contributed by atoms with van der Waals surface area (Å²) >= 11 is 0. The maximum atomic E-state index is 5.08. The van der Waals surface area contributed by atoms with Crippen molar-refractivity contribution in [2.75, 3.05) is 9.80 Å². The van der Waals surface area contributed by atoms with Gasteiger partial charge in [0.2, 0.25) is 0 Å². The molecule has 0 amide bonds. The predicted molar refractivity (Wildman–Crippen MR) is 260 cm³/mol. The monoisotopic (exact) mass is 808 g/mol. The van der Waals surface area contributed by atoms with E-state index >= 15 is 0 Å². The summed E-state index contributed by atoms with van der Waals surface area (Å²) in [5.41, 5.74) is 12.4. The smallest absolute Gasteiger partial charge is 0.164 e. The van der Waals surface area contributed by atoms with Crippen molar-refractivity contribution in [3.8, 4) is 39.9 Å². The highest BCUT2D eigenvalue weighted by atomic mass is 15.2. The Balaban J connectivity index is 1.13. The van der Waals surface area contributed by atoms with Crippen LogP contribution >= 0.6 is 0 Å². The average Bonchev–Trinajstić information content (AvgIpc) is 3.69. The van der Waals surface area contributed by atoms with Gasteiger partial charge in [0.25, 0.3) is 0 Å². The van der Waals surface area contributed by atoms with E-state index in [0.717, 1.165) is 78.3 Å². The summed E-state index contributed by atoms with van der Waals surface area (Å²) < 4.78 is 2.36. The molecule has 0 bridgehead atoms. The van der Waals surface area contributed by atoms with Gasteiger partial charge >= 0.3 is 0 Å². The van der Waals surface area contributed by atoms with Gasteiger partial charge in [0, 0.05) is 67.3 Å². The van der Waals surface area contributed by atoms with Crippen LogP contribution in [0.15, 0.2) is 243 Å². The third kappa shape index (κ3) is 7.26. The lowest BCUT2D eigenvalue weighted by atomic mass is 10.1. The molecule has 11 aromatic rings. The van der Waals surface area contributed by atoms with Gasteiger partial charge in [0.1, 0.15) is 0 Å². The first-order valence-electron chi connectivity index (χ1n) is 21.1. The van der Waals surface area contributed by atoms with E-state index in [-0.39, 0.29) is 0 Å². The fourth-order valence-electron chi connectivity index (χ4n) is 8.48. The Kier molecular flexibility index (Phi) is 9.76. The van der Waals surface area contributed by atoms with Crippen molar-refractivity contribution in [2.24, 2.45) is 0 Å². The predicted octanol–water partition coefficient (Wildman–Crippen LogP) is 14.9. The number of benzene rings is 9. The quantitative estimate of drug-likeness (QED) is 0.138. The minimum Gasteiger partial charge on any atom is -0.310 e. The van der Waals surface area contributed by atoms with Crippen molar-refractivity contribution < 1.29 is 0 Å². The van der Waals surface area contributed by atoms with Crippen molar-refractivity contribution in [3.63, 3.8) is 0 Å². The molecule has 11 rings (SSSR count). The highest BCUT2D eigenvalue weighted by Crippen LogP contribution is 2.43. The fraction of sp³-hybridized carbons (Fsp3) is 0. The molecular weight excluding hydrogens is 769 g/mol. The highest BCUT2D eigenvalue weighted by molar-refractivity contribution is 6.12. The molecule has 0 aliphatic carbocycles. The Hall–Kier alpha value is -8.61. The van der Waals surface area contributed by atoms with Gasteiger partial charge in [-0.3, -0.25) is 0 Å². The molecule has 0 fully saturated rings. The third-order valence-electron chi connectivity index (χ3n) is 11.4. The molecule has 63 heavy (non-hydrogen) atoms. The molecule has 0 saturated heterocycles. The number of para-hydroxylation sites is 4. The van der Waals surface area contributed by atoms with Crippen LogP contribution in [-0.4, -0.2) is 19.5 Å². The van der Waals surface area contributed by atoms with Crippen LogP contribution < -0.4 is 9.80 Å².